The van der Waals surface area contributed by atoms with Crippen molar-refractivity contribution in [3.63, 3.8) is 0 Å². The average Bonchev–Trinajstić information content (AvgIpc) is 3.07. The number of fused-ring (bicyclic) bond motifs is 1. The monoisotopic (exact) mass is 272 g/mol. The highest BCUT2D eigenvalue weighted by Crippen LogP contribution is 2.21. The SMILES string of the molecule is CCc1nc2cc(NC(=O)c3cccs3)ccc2o1. The maximum atomic E-state index is 11.9. The number of nitrogens with zero attached hydrogens (tertiary/aromatic N) is 1. The summed E-state index contributed by atoms with van der Waals surface area (Å²) in [7, 11) is 0. The van der Waals surface area contributed by atoms with E-state index in [-0.39, 0.29) is 5.91 Å². The largest absolute Gasteiger partial charge is 0.441 e. The predicted octanol–water partition coefficient (Wildman–Crippen LogP) is 3.70. The number of benzene rings is 1. The second-order valence-electron chi connectivity index (χ2n) is 4.08. The minimum atomic E-state index is -0.103. The zero-order valence-corrected chi connectivity index (χ0v) is 11.2. The first-order chi connectivity index (χ1) is 9.26. The maximum absolute atomic E-state index is 11.9. The molecule has 0 unspecified atom stereocenters. The molecule has 2 heterocycles. The number of thiophene rings is 1. The van der Waals surface area contributed by atoms with Crippen molar-refractivity contribution in [2.75, 3.05) is 5.32 Å². The number of aromatic nitrogens is 1. The third-order valence-electron chi connectivity index (χ3n) is 2.74. The Labute approximate surface area is 114 Å². The second kappa shape index (κ2) is 4.85. The number of hydrogen-bond acceptors (Lipinski definition) is 4. The summed E-state index contributed by atoms with van der Waals surface area (Å²) >= 11 is 1.42. The molecule has 5 heteroatoms. The summed E-state index contributed by atoms with van der Waals surface area (Å²) in [4.78, 5) is 17.0. The molecule has 3 aromatic rings. The summed E-state index contributed by atoms with van der Waals surface area (Å²) in [5.41, 5.74) is 2.23. The first kappa shape index (κ1) is 11.9. The Morgan fingerprint density at radius 3 is 3.05 bits per heavy atom. The fraction of sp³-hybridized carbons (Fsp3) is 0.143. The van der Waals surface area contributed by atoms with Gasteiger partial charge in [0.25, 0.3) is 5.91 Å². The summed E-state index contributed by atoms with van der Waals surface area (Å²) < 4.78 is 5.53. The quantitative estimate of drug-likeness (QED) is 0.790. The predicted molar refractivity (Wildman–Crippen MR) is 75.7 cm³/mol. The van der Waals surface area contributed by atoms with Gasteiger partial charge in [0.1, 0.15) is 5.52 Å². The fourth-order valence-corrected chi connectivity index (χ4v) is 2.42. The lowest BCUT2D eigenvalue weighted by Gasteiger charge is -2.02. The minimum Gasteiger partial charge on any atom is -0.441 e. The van der Waals surface area contributed by atoms with Gasteiger partial charge in [-0.05, 0) is 29.6 Å². The van der Waals surface area contributed by atoms with Gasteiger partial charge in [0.15, 0.2) is 11.5 Å². The molecular weight excluding hydrogens is 260 g/mol. The molecule has 0 aliphatic heterocycles. The highest BCUT2D eigenvalue weighted by Gasteiger charge is 2.09. The average molecular weight is 272 g/mol. The van der Waals surface area contributed by atoms with Crippen LogP contribution in [0.3, 0.4) is 0 Å². The molecule has 0 spiro atoms. The van der Waals surface area contributed by atoms with E-state index in [1.54, 1.807) is 6.07 Å². The lowest BCUT2D eigenvalue weighted by Crippen LogP contribution is -2.09. The van der Waals surface area contributed by atoms with Gasteiger partial charge in [-0.2, -0.15) is 0 Å². The van der Waals surface area contributed by atoms with Gasteiger partial charge < -0.3 is 9.73 Å². The molecule has 0 radical (unpaired) electrons. The van der Waals surface area contributed by atoms with Crippen LogP contribution < -0.4 is 5.32 Å². The normalized spacial score (nSPS) is 10.8. The Hall–Kier alpha value is -2.14. The Morgan fingerprint density at radius 2 is 2.32 bits per heavy atom. The number of carbonyl (C=O) groups is 1. The molecule has 0 fully saturated rings. The van der Waals surface area contributed by atoms with Crippen LogP contribution in [0.25, 0.3) is 11.1 Å². The van der Waals surface area contributed by atoms with E-state index < -0.39 is 0 Å². The lowest BCUT2D eigenvalue weighted by molar-refractivity contribution is 0.103. The number of aryl methyl sites for hydroxylation is 1. The Kier molecular flexibility index (Phi) is 3.05. The van der Waals surface area contributed by atoms with Crippen molar-refractivity contribution in [2.45, 2.75) is 13.3 Å². The molecule has 0 aliphatic carbocycles. The molecule has 96 valence electrons. The van der Waals surface area contributed by atoms with E-state index >= 15 is 0 Å². The van der Waals surface area contributed by atoms with Crippen molar-refractivity contribution in [3.8, 4) is 0 Å². The smallest absolute Gasteiger partial charge is 0.265 e. The van der Waals surface area contributed by atoms with Gasteiger partial charge in [-0.1, -0.05) is 13.0 Å². The van der Waals surface area contributed by atoms with Crippen LogP contribution in [0.15, 0.2) is 40.1 Å². The first-order valence-electron chi connectivity index (χ1n) is 6.00. The molecule has 3 rings (SSSR count). The number of oxazole rings is 1. The van der Waals surface area contributed by atoms with Crippen LogP contribution in [0.2, 0.25) is 0 Å². The van der Waals surface area contributed by atoms with E-state index in [1.165, 1.54) is 11.3 Å². The van der Waals surface area contributed by atoms with Crippen LogP contribution >= 0.6 is 11.3 Å². The third-order valence-corrected chi connectivity index (χ3v) is 3.61. The standard InChI is InChI=1S/C14H12N2O2S/c1-2-13-16-10-8-9(5-6-11(10)18-13)15-14(17)12-4-3-7-19-12/h3-8H,2H2,1H3,(H,15,17). The summed E-state index contributed by atoms with van der Waals surface area (Å²) in [5, 5.41) is 4.73. The zero-order valence-electron chi connectivity index (χ0n) is 10.3. The molecule has 1 amide bonds. The van der Waals surface area contributed by atoms with Crippen molar-refractivity contribution in [1.29, 1.82) is 0 Å². The number of hydrogen-bond donors (Lipinski definition) is 1. The Morgan fingerprint density at radius 1 is 1.42 bits per heavy atom. The Balaban J connectivity index is 1.87. The van der Waals surface area contributed by atoms with Crippen LogP contribution in [-0.4, -0.2) is 10.9 Å². The van der Waals surface area contributed by atoms with E-state index in [0.29, 0.717) is 10.8 Å². The van der Waals surface area contributed by atoms with Crippen molar-refractivity contribution >= 4 is 34.0 Å². The zero-order chi connectivity index (χ0) is 13.2. The molecule has 0 saturated carbocycles. The summed E-state index contributed by atoms with van der Waals surface area (Å²) in [6.07, 6.45) is 0.756. The molecule has 1 aromatic carbocycles. The van der Waals surface area contributed by atoms with Gasteiger partial charge in [0.2, 0.25) is 0 Å². The first-order valence-corrected chi connectivity index (χ1v) is 6.88. The topological polar surface area (TPSA) is 55.1 Å². The summed E-state index contributed by atoms with van der Waals surface area (Å²) in [6.45, 7) is 1.99. The maximum Gasteiger partial charge on any atom is 0.265 e. The van der Waals surface area contributed by atoms with Gasteiger partial charge in [-0.15, -0.1) is 11.3 Å². The Bertz CT molecular complexity index is 716. The molecule has 4 nitrogen and oxygen atoms in total. The van der Waals surface area contributed by atoms with E-state index in [0.717, 1.165) is 23.2 Å². The van der Waals surface area contributed by atoms with Gasteiger partial charge >= 0.3 is 0 Å². The van der Waals surface area contributed by atoms with Gasteiger partial charge in [0.05, 0.1) is 4.88 Å². The van der Waals surface area contributed by atoms with Crippen molar-refractivity contribution in [1.82, 2.24) is 4.98 Å². The highest BCUT2D eigenvalue weighted by molar-refractivity contribution is 7.12. The highest BCUT2D eigenvalue weighted by atomic mass is 32.1. The second-order valence-corrected chi connectivity index (χ2v) is 5.02. The molecule has 0 aliphatic rings. The molecule has 1 N–H and O–H groups in total. The minimum absolute atomic E-state index is 0.103. The van der Waals surface area contributed by atoms with Gasteiger partial charge in [0, 0.05) is 12.1 Å². The molecule has 2 aromatic heterocycles. The van der Waals surface area contributed by atoms with Gasteiger partial charge in [-0.3, -0.25) is 4.79 Å². The number of carbonyl (C=O) groups excluding carboxylic acids is 1. The van der Waals surface area contributed by atoms with Crippen molar-refractivity contribution in [3.05, 3.63) is 46.5 Å². The summed E-state index contributed by atoms with van der Waals surface area (Å²) in [5.74, 6) is 0.602. The van der Waals surface area contributed by atoms with Crippen LogP contribution in [-0.2, 0) is 6.42 Å². The van der Waals surface area contributed by atoms with E-state index in [9.17, 15) is 4.79 Å². The lowest BCUT2D eigenvalue weighted by atomic mass is 10.3. The fourth-order valence-electron chi connectivity index (χ4n) is 1.80. The van der Waals surface area contributed by atoms with E-state index in [4.69, 9.17) is 4.42 Å². The molecule has 0 atom stereocenters. The molecular formula is C14H12N2O2S. The van der Waals surface area contributed by atoms with Crippen LogP contribution in [0.4, 0.5) is 5.69 Å². The third kappa shape index (κ3) is 2.37. The van der Waals surface area contributed by atoms with Crippen LogP contribution in [0.1, 0.15) is 22.5 Å². The van der Waals surface area contributed by atoms with Crippen LogP contribution in [0, 0.1) is 0 Å². The number of anilines is 1. The number of amides is 1. The molecule has 0 saturated heterocycles. The number of nitrogens with one attached hydrogen (secondary N) is 1. The van der Waals surface area contributed by atoms with Crippen LogP contribution in [0.5, 0.6) is 0 Å². The van der Waals surface area contributed by atoms with Crippen molar-refractivity contribution < 1.29 is 9.21 Å². The van der Waals surface area contributed by atoms with Gasteiger partial charge in [-0.25, -0.2) is 4.98 Å². The van der Waals surface area contributed by atoms with E-state index in [2.05, 4.69) is 10.3 Å². The number of rotatable bonds is 3. The summed E-state index contributed by atoms with van der Waals surface area (Å²) in [6, 6.07) is 9.12. The van der Waals surface area contributed by atoms with Crippen molar-refractivity contribution in [2.24, 2.45) is 0 Å². The molecule has 19 heavy (non-hydrogen) atoms. The van der Waals surface area contributed by atoms with E-state index in [1.807, 2.05) is 36.6 Å². The molecule has 0 bridgehead atoms.